The second-order valence-corrected chi connectivity index (χ2v) is 4.89. The van der Waals surface area contributed by atoms with Crippen molar-refractivity contribution in [1.82, 2.24) is 0 Å². The van der Waals surface area contributed by atoms with Gasteiger partial charge in [0.15, 0.2) is 0 Å². The predicted molar refractivity (Wildman–Crippen MR) is 80.1 cm³/mol. The zero-order chi connectivity index (χ0) is 15.6. The van der Waals surface area contributed by atoms with Gasteiger partial charge in [0.05, 0.1) is 5.56 Å². The fraction of sp³-hybridized carbons (Fsp3) is 0.133. The molecule has 0 unspecified atom stereocenters. The van der Waals surface area contributed by atoms with Crippen molar-refractivity contribution in [3.8, 4) is 0 Å². The van der Waals surface area contributed by atoms with E-state index >= 15 is 0 Å². The molecule has 21 heavy (non-hydrogen) atoms. The van der Waals surface area contributed by atoms with Crippen molar-refractivity contribution >= 4 is 24.2 Å². The monoisotopic (exact) mass is 287 g/mol. The van der Waals surface area contributed by atoms with E-state index in [-0.39, 0.29) is 11.0 Å². The molecule has 0 spiro atoms. The molecule has 0 heterocycles. The highest BCUT2D eigenvalue weighted by atomic mass is 19.1. The number of anilines is 1. The molecule has 108 valence electrons. The van der Waals surface area contributed by atoms with E-state index in [2.05, 4.69) is 5.32 Å². The number of benzene rings is 2. The first kappa shape index (κ1) is 15.2. The summed E-state index contributed by atoms with van der Waals surface area (Å²) in [5, 5.41) is 20.8. The maximum Gasteiger partial charge on any atom is 0.488 e. The Labute approximate surface area is 122 Å². The molecular weight excluding hydrogens is 272 g/mol. The Morgan fingerprint density at radius 1 is 1.14 bits per heavy atom. The SMILES string of the molecule is Cc1ccc(C)c(NC(=O)c2cc(B(O)O)ccc2F)c1. The molecule has 0 aliphatic heterocycles. The maximum atomic E-state index is 13.7. The summed E-state index contributed by atoms with van der Waals surface area (Å²) >= 11 is 0. The van der Waals surface area contributed by atoms with Gasteiger partial charge in [-0.05, 0) is 48.6 Å². The van der Waals surface area contributed by atoms with Gasteiger partial charge in [0.25, 0.3) is 5.91 Å². The molecule has 6 heteroatoms. The van der Waals surface area contributed by atoms with Gasteiger partial charge >= 0.3 is 7.12 Å². The summed E-state index contributed by atoms with van der Waals surface area (Å²) in [5.41, 5.74) is 2.24. The fourth-order valence-corrected chi connectivity index (χ4v) is 1.94. The van der Waals surface area contributed by atoms with Crippen LogP contribution in [0.25, 0.3) is 0 Å². The lowest BCUT2D eigenvalue weighted by Gasteiger charge is -2.11. The van der Waals surface area contributed by atoms with E-state index in [0.29, 0.717) is 5.69 Å². The summed E-state index contributed by atoms with van der Waals surface area (Å²) in [4.78, 5) is 12.2. The Kier molecular flexibility index (Phi) is 4.40. The summed E-state index contributed by atoms with van der Waals surface area (Å²) in [6, 6.07) is 8.93. The second-order valence-electron chi connectivity index (χ2n) is 4.89. The standard InChI is InChI=1S/C15H15BFNO3/c1-9-3-4-10(2)14(7-9)18-15(19)12-8-11(16(20)21)5-6-13(12)17/h3-8,20-21H,1-2H3,(H,18,19). The highest BCUT2D eigenvalue weighted by molar-refractivity contribution is 6.58. The first-order valence-corrected chi connectivity index (χ1v) is 6.42. The van der Waals surface area contributed by atoms with E-state index in [1.807, 2.05) is 26.0 Å². The van der Waals surface area contributed by atoms with Crippen LogP contribution in [0, 0.1) is 19.7 Å². The molecule has 0 saturated heterocycles. The number of carbonyl (C=O) groups excluding carboxylic acids is 1. The molecule has 0 atom stereocenters. The Bertz CT molecular complexity index is 689. The zero-order valence-electron chi connectivity index (χ0n) is 11.7. The highest BCUT2D eigenvalue weighted by Gasteiger charge is 2.18. The van der Waals surface area contributed by atoms with Crippen LogP contribution < -0.4 is 10.8 Å². The van der Waals surface area contributed by atoms with Crippen molar-refractivity contribution in [2.75, 3.05) is 5.32 Å². The van der Waals surface area contributed by atoms with E-state index in [4.69, 9.17) is 10.0 Å². The maximum absolute atomic E-state index is 13.7. The fourth-order valence-electron chi connectivity index (χ4n) is 1.94. The van der Waals surface area contributed by atoms with Gasteiger partial charge < -0.3 is 15.4 Å². The van der Waals surface area contributed by atoms with E-state index in [0.717, 1.165) is 23.3 Å². The lowest BCUT2D eigenvalue weighted by atomic mass is 9.79. The number of hydrogen-bond donors (Lipinski definition) is 3. The molecule has 1 amide bonds. The molecular formula is C15H15BFNO3. The van der Waals surface area contributed by atoms with Gasteiger partial charge in [-0.15, -0.1) is 0 Å². The molecule has 0 saturated carbocycles. The molecule has 0 aromatic heterocycles. The molecule has 3 N–H and O–H groups in total. The average molecular weight is 287 g/mol. The number of aryl methyl sites for hydroxylation is 2. The summed E-state index contributed by atoms with van der Waals surface area (Å²) in [6.45, 7) is 3.72. The number of hydrogen-bond acceptors (Lipinski definition) is 3. The van der Waals surface area contributed by atoms with Crippen molar-refractivity contribution in [3.63, 3.8) is 0 Å². The first-order valence-electron chi connectivity index (χ1n) is 6.42. The van der Waals surface area contributed by atoms with Crippen LogP contribution in [-0.4, -0.2) is 23.1 Å². The van der Waals surface area contributed by atoms with Gasteiger partial charge in [-0.25, -0.2) is 4.39 Å². The van der Waals surface area contributed by atoms with Crippen molar-refractivity contribution < 1.29 is 19.2 Å². The Morgan fingerprint density at radius 2 is 1.86 bits per heavy atom. The van der Waals surface area contributed by atoms with E-state index in [9.17, 15) is 9.18 Å². The second kappa shape index (κ2) is 6.07. The van der Waals surface area contributed by atoms with Crippen LogP contribution in [0.2, 0.25) is 0 Å². The van der Waals surface area contributed by atoms with Crippen LogP contribution >= 0.6 is 0 Å². The normalized spacial score (nSPS) is 10.3. The Hall–Kier alpha value is -2.18. The number of nitrogens with one attached hydrogen (secondary N) is 1. The summed E-state index contributed by atoms with van der Waals surface area (Å²) in [7, 11) is -1.75. The summed E-state index contributed by atoms with van der Waals surface area (Å²) in [5.74, 6) is -1.36. The van der Waals surface area contributed by atoms with Crippen LogP contribution in [0.15, 0.2) is 36.4 Å². The topological polar surface area (TPSA) is 69.6 Å². The van der Waals surface area contributed by atoms with Crippen LogP contribution in [-0.2, 0) is 0 Å². The lowest BCUT2D eigenvalue weighted by molar-refractivity contribution is 0.102. The third kappa shape index (κ3) is 3.48. The number of halogens is 1. The van der Waals surface area contributed by atoms with Crippen LogP contribution in [0.3, 0.4) is 0 Å². The first-order chi connectivity index (χ1) is 9.88. The van der Waals surface area contributed by atoms with Gasteiger partial charge in [0.1, 0.15) is 5.82 Å². The molecule has 0 radical (unpaired) electrons. The average Bonchev–Trinajstić information content (AvgIpc) is 2.43. The zero-order valence-corrected chi connectivity index (χ0v) is 11.7. The largest absolute Gasteiger partial charge is 0.488 e. The van der Waals surface area contributed by atoms with E-state index < -0.39 is 18.8 Å². The Morgan fingerprint density at radius 3 is 2.52 bits per heavy atom. The van der Waals surface area contributed by atoms with Crippen molar-refractivity contribution in [2.24, 2.45) is 0 Å². The number of carbonyl (C=O) groups is 1. The van der Waals surface area contributed by atoms with Crippen molar-refractivity contribution in [3.05, 3.63) is 58.9 Å². The predicted octanol–water partition coefficient (Wildman–Crippen LogP) is 1.37. The van der Waals surface area contributed by atoms with Crippen molar-refractivity contribution in [1.29, 1.82) is 0 Å². The third-order valence-electron chi connectivity index (χ3n) is 3.17. The summed E-state index contributed by atoms with van der Waals surface area (Å²) < 4.78 is 13.7. The molecule has 0 bridgehead atoms. The van der Waals surface area contributed by atoms with Gasteiger partial charge in [-0.1, -0.05) is 18.2 Å². The molecule has 2 rings (SSSR count). The highest BCUT2D eigenvalue weighted by Crippen LogP contribution is 2.18. The lowest BCUT2D eigenvalue weighted by Crippen LogP contribution is -2.31. The van der Waals surface area contributed by atoms with Crippen LogP contribution in [0.4, 0.5) is 10.1 Å². The molecule has 0 aliphatic rings. The summed E-state index contributed by atoms with van der Waals surface area (Å²) in [6.07, 6.45) is 0. The van der Waals surface area contributed by atoms with Gasteiger partial charge in [0, 0.05) is 5.69 Å². The number of amides is 1. The molecule has 4 nitrogen and oxygen atoms in total. The molecule has 2 aromatic rings. The minimum absolute atomic E-state index is 0.0579. The van der Waals surface area contributed by atoms with E-state index in [1.54, 1.807) is 6.07 Å². The van der Waals surface area contributed by atoms with Crippen molar-refractivity contribution in [2.45, 2.75) is 13.8 Å². The van der Waals surface area contributed by atoms with E-state index in [1.165, 1.54) is 6.07 Å². The van der Waals surface area contributed by atoms with Crippen LogP contribution in [0.5, 0.6) is 0 Å². The van der Waals surface area contributed by atoms with Gasteiger partial charge in [-0.2, -0.15) is 0 Å². The Balaban J connectivity index is 2.32. The van der Waals surface area contributed by atoms with Gasteiger partial charge in [0.2, 0.25) is 0 Å². The van der Waals surface area contributed by atoms with Crippen LogP contribution in [0.1, 0.15) is 21.5 Å². The molecule has 0 fully saturated rings. The smallest absolute Gasteiger partial charge is 0.423 e. The number of rotatable bonds is 3. The quantitative estimate of drug-likeness (QED) is 0.747. The molecule has 2 aromatic carbocycles. The minimum atomic E-state index is -1.75. The molecule has 0 aliphatic carbocycles. The van der Waals surface area contributed by atoms with Gasteiger partial charge in [-0.3, -0.25) is 4.79 Å². The minimum Gasteiger partial charge on any atom is -0.423 e. The third-order valence-corrected chi connectivity index (χ3v) is 3.17.